The smallest absolute Gasteiger partial charge is 0.337 e. The first-order chi connectivity index (χ1) is 9.23. The van der Waals surface area contributed by atoms with Crippen molar-refractivity contribution in [3.8, 4) is 0 Å². The van der Waals surface area contributed by atoms with Gasteiger partial charge in [-0.25, -0.2) is 4.79 Å². The second kappa shape index (κ2) is 6.27. The topological polar surface area (TPSA) is 93.4 Å². The Hall–Kier alpha value is -2.24. The van der Waals surface area contributed by atoms with E-state index in [2.05, 4.69) is 15.4 Å². The Morgan fingerprint density at radius 1 is 1.30 bits per heavy atom. The molecule has 0 spiro atoms. The number of methoxy groups -OCH3 is 1. The first-order valence-electron chi connectivity index (χ1n) is 6.25. The number of nitrogen functional groups attached to an aromatic ring is 1. The van der Waals surface area contributed by atoms with E-state index in [-0.39, 0.29) is 18.0 Å². The predicted molar refractivity (Wildman–Crippen MR) is 78.6 cm³/mol. The molecular weight excluding hydrogens is 258 g/mol. The van der Waals surface area contributed by atoms with Gasteiger partial charge in [-0.1, -0.05) is 0 Å². The number of esters is 1. The van der Waals surface area contributed by atoms with Crippen LogP contribution < -0.4 is 16.4 Å². The largest absolute Gasteiger partial charge is 0.465 e. The molecule has 0 aliphatic heterocycles. The Bertz CT molecular complexity index is 507. The van der Waals surface area contributed by atoms with Crippen LogP contribution in [0.5, 0.6) is 0 Å². The number of nitrogens with one attached hydrogen (secondary N) is 2. The van der Waals surface area contributed by atoms with Crippen LogP contribution in [0.3, 0.4) is 0 Å². The fourth-order valence-corrected chi connectivity index (χ4v) is 1.61. The third-order valence-electron chi connectivity index (χ3n) is 2.43. The summed E-state index contributed by atoms with van der Waals surface area (Å²) in [5, 5.41) is 5.76. The van der Waals surface area contributed by atoms with Crippen LogP contribution in [0.1, 0.15) is 31.1 Å². The molecular formula is C14H21N3O3. The second-order valence-electron chi connectivity index (χ2n) is 5.45. The highest BCUT2D eigenvalue weighted by atomic mass is 16.5. The molecule has 20 heavy (non-hydrogen) atoms. The number of rotatable bonds is 4. The van der Waals surface area contributed by atoms with Gasteiger partial charge in [-0.2, -0.15) is 0 Å². The fraction of sp³-hybridized carbons (Fsp3) is 0.429. The number of hydrogen-bond acceptors (Lipinski definition) is 5. The number of hydrogen-bond donors (Lipinski definition) is 3. The average molecular weight is 279 g/mol. The second-order valence-corrected chi connectivity index (χ2v) is 5.45. The van der Waals surface area contributed by atoms with E-state index in [4.69, 9.17) is 5.73 Å². The van der Waals surface area contributed by atoms with E-state index in [0.29, 0.717) is 16.9 Å². The number of carbonyl (C=O) groups excluding carboxylic acids is 2. The monoisotopic (exact) mass is 279 g/mol. The maximum Gasteiger partial charge on any atom is 0.337 e. The summed E-state index contributed by atoms with van der Waals surface area (Å²) in [5.41, 5.74) is 6.90. The quantitative estimate of drug-likeness (QED) is 0.572. The normalized spacial score (nSPS) is 10.8. The lowest BCUT2D eigenvalue weighted by Gasteiger charge is -2.21. The summed E-state index contributed by atoms with van der Waals surface area (Å²) < 4.78 is 4.61. The number of nitrogens with two attached hydrogens (primary N) is 1. The SMILES string of the molecule is COC(=O)c1ccc(NCC(=O)NC(C)(C)C)c(N)c1. The van der Waals surface area contributed by atoms with E-state index < -0.39 is 5.97 Å². The van der Waals surface area contributed by atoms with Crippen molar-refractivity contribution in [2.24, 2.45) is 0 Å². The van der Waals surface area contributed by atoms with Gasteiger partial charge in [-0.3, -0.25) is 4.79 Å². The van der Waals surface area contributed by atoms with Crippen molar-refractivity contribution in [2.45, 2.75) is 26.3 Å². The molecule has 0 heterocycles. The predicted octanol–water partition coefficient (Wildman–Crippen LogP) is 1.38. The van der Waals surface area contributed by atoms with Gasteiger partial charge in [-0.05, 0) is 39.0 Å². The zero-order valence-electron chi connectivity index (χ0n) is 12.2. The molecule has 0 aliphatic carbocycles. The lowest BCUT2D eigenvalue weighted by molar-refractivity contribution is -0.120. The van der Waals surface area contributed by atoms with Crippen LogP contribution in [0, 0.1) is 0 Å². The molecule has 1 aromatic rings. The van der Waals surface area contributed by atoms with Crippen LogP contribution in [0.15, 0.2) is 18.2 Å². The van der Waals surface area contributed by atoms with Crippen LogP contribution in [-0.2, 0) is 9.53 Å². The number of amides is 1. The molecule has 6 heteroatoms. The van der Waals surface area contributed by atoms with Crippen LogP contribution in [0.2, 0.25) is 0 Å². The zero-order valence-corrected chi connectivity index (χ0v) is 12.2. The molecule has 4 N–H and O–H groups in total. The van der Waals surface area contributed by atoms with Gasteiger partial charge in [0, 0.05) is 5.54 Å². The Balaban J connectivity index is 2.66. The Morgan fingerprint density at radius 3 is 2.45 bits per heavy atom. The summed E-state index contributed by atoms with van der Waals surface area (Å²) in [5.74, 6) is -0.581. The highest BCUT2D eigenvalue weighted by Crippen LogP contribution is 2.20. The maximum absolute atomic E-state index is 11.7. The first-order valence-corrected chi connectivity index (χ1v) is 6.25. The van der Waals surface area contributed by atoms with Crippen molar-refractivity contribution in [3.63, 3.8) is 0 Å². The van der Waals surface area contributed by atoms with Crippen LogP contribution in [0.25, 0.3) is 0 Å². The van der Waals surface area contributed by atoms with Gasteiger partial charge < -0.3 is 21.1 Å². The first kappa shape index (κ1) is 15.8. The van der Waals surface area contributed by atoms with E-state index in [1.165, 1.54) is 13.2 Å². The standard InChI is InChI=1S/C14H21N3O3/c1-14(2,3)17-12(18)8-16-11-6-5-9(7-10(11)15)13(19)20-4/h5-7,16H,8,15H2,1-4H3,(H,17,18). The van der Waals surface area contributed by atoms with Gasteiger partial charge in [0.1, 0.15) is 0 Å². The number of ether oxygens (including phenoxy) is 1. The lowest BCUT2D eigenvalue weighted by Crippen LogP contribution is -2.43. The van der Waals surface area contributed by atoms with Crippen molar-refractivity contribution in [1.29, 1.82) is 0 Å². The molecule has 6 nitrogen and oxygen atoms in total. The van der Waals surface area contributed by atoms with Crippen LogP contribution in [0.4, 0.5) is 11.4 Å². The Kier molecular flexibility index (Phi) is 4.96. The molecule has 0 saturated carbocycles. The van der Waals surface area contributed by atoms with Crippen molar-refractivity contribution in [1.82, 2.24) is 5.32 Å². The molecule has 1 rings (SSSR count). The average Bonchev–Trinajstić information content (AvgIpc) is 2.34. The Labute approximate surface area is 118 Å². The number of benzene rings is 1. The van der Waals surface area contributed by atoms with Crippen molar-refractivity contribution < 1.29 is 14.3 Å². The minimum Gasteiger partial charge on any atom is -0.465 e. The van der Waals surface area contributed by atoms with E-state index >= 15 is 0 Å². The summed E-state index contributed by atoms with van der Waals surface area (Å²) in [7, 11) is 1.31. The third-order valence-corrected chi connectivity index (χ3v) is 2.43. The molecule has 1 amide bonds. The summed E-state index contributed by atoms with van der Waals surface area (Å²) in [6, 6.07) is 4.74. The maximum atomic E-state index is 11.7. The molecule has 1 aromatic carbocycles. The van der Waals surface area contributed by atoms with E-state index in [9.17, 15) is 9.59 Å². The van der Waals surface area contributed by atoms with Gasteiger partial charge in [0.25, 0.3) is 0 Å². The van der Waals surface area contributed by atoms with E-state index in [1.807, 2.05) is 20.8 Å². The molecule has 0 radical (unpaired) electrons. The lowest BCUT2D eigenvalue weighted by atomic mass is 10.1. The minimum absolute atomic E-state index is 0.110. The molecule has 0 saturated heterocycles. The molecule has 0 atom stereocenters. The summed E-state index contributed by atoms with van der Waals surface area (Å²) in [6.45, 7) is 5.83. The van der Waals surface area contributed by atoms with Crippen LogP contribution >= 0.6 is 0 Å². The van der Waals surface area contributed by atoms with Gasteiger partial charge >= 0.3 is 5.97 Å². The molecule has 110 valence electrons. The van der Waals surface area contributed by atoms with E-state index in [0.717, 1.165) is 0 Å². The number of carbonyl (C=O) groups is 2. The third kappa shape index (κ3) is 4.79. The summed E-state index contributed by atoms with van der Waals surface area (Å²) in [4.78, 5) is 23.0. The Morgan fingerprint density at radius 2 is 1.95 bits per heavy atom. The fourth-order valence-electron chi connectivity index (χ4n) is 1.61. The molecule has 0 aromatic heterocycles. The molecule has 0 aliphatic rings. The zero-order chi connectivity index (χ0) is 15.3. The van der Waals surface area contributed by atoms with Gasteiger partial charge in [0.05, 0.1) is 30.6 Å². The summed E-state index contributed by atoms with van der Waals surface area (Å²) >= 11 is 0. The molecule has 0 bridgehead atoms. The molecule has 0 fully saturated rings. The van der Waals surface area contributed by atoms with Crippen molar-refractivity contribution in [2.75, 3.05) is 24.7 Å². The van der Waals surface area contributed by atoms with Crippen molar-refractivity contribution >= 4 is 23.3 Å². The minimum atomic E-state index is -0.450. The highest BCUT2D eigenvalue weighted by molar-refractivity contribution is 5.92. The van der Waals surface area contributed by atoms with E-state index in [1.54, 1.807) is 12.1 Å². The number of anilines is 2. The van der Waals surface area contributed by atoms with Gasteiger partial charge in [0.15, 0.2) is 0 Å². The van der Waals surface area contributed by atoms with Crippen molar-refractivity contribution in [3.05, 3.63) is 23.8 Å². The van der Waals surface area contributed by atoms with Crippen LogP contribution in [-0.4, -0.2) is 31.1 Å². The highest BCUT2D eigenvalue weighted by Gasteiger charge is 2.14. The molecule has 0 unspecified atom stereocenters. The van der Waals surface area contributed by atoms with Gasteiger partial charge in [0.2, 0.25) is 5.91 Å². The van der Waals surface area contributed by atoms with Gasteiger partial charge in [-0.15, -0.1) is 0 Å². The summed E-state index contributed by atoms with van der Waals surface area (Å²) in [6.07, 6.45) is 0.